The van der Waals surface area contributed by atoms with Crippen LogP contribution in [0.25, 0.3) is 0 Å². The summed E-state index contributed by atoms with van der Waals surface area (Å²) in [7, 11) is 0. The van der Waals surface area contributed by atoms with Crippen molar-refractivity contribution < 1.29 is 46.9 Å². The van der Waals surface area contributed by atoms with Gasteiger partial charge in [0.1, 0.15) is 0 Å². The smallest absolute Gasteiger partial charge is 0 e. The van der Waals surface area contributed by atoms with E-state index < -0.39 is 0 Å². The van der Waals surface area contributed by atoms with Crippen molar-refractivity contribution in [3.05, 3.63) is 88.0 Å². The van der Waals surface area contributed by atoms with E-state index in [-0.39, 0.29) is 79.4 Å². The number of rotatable bonds is 0. The Morgan fingerprint density at radius 1 is 0.450 bits per heavy atom. The van der Waals surface area contributed by atoms with Crippen LogP contribution < -0.4 is 0 Å². The molecule has 0 radical (unpaired) electrons. The average Bonchev–Trinajstić information content (AvgIpc) is 3.45. The topological polar surface area (TPSA) is 0 Å². The molecule has 0 nitrogen and oxygen atoms in total. The van der Waals surface area contributed by atoms with Crippen LogP contribution in [-0.2, 0) is 32.5 Å². The summed E-state index contributed by atoms with van der Waals surface area (Å²) in [6.45, 7) is 40.7. The van der Waals surface area contributed by atoms with Crippen molar-refractivity contribution in [3.8, 4) is 0 Å². The minimum Gasteiger partial charge on any atom is -0.745 e. The van der Waals surface area contributed by atoms with E-state index in [2.05, 4.69) is 179 Å². The molecule has 1 heteroatoms. The molecule has 0 saturated heterocycles. The van der Waals surface area contributed by atoms with Crippen molar-refractivity contribution in [2.75, 3.05) is 0 Å². The SMILES string of the molecule is CC(C)(C)[c-]1[cH-][cH-][c-](C(C)(C)C)[cH-]1.CC(C)(C)c1cc[c-](C(C)(C)C)c1.CC(C)(C)c1cc[c-](C(C)(C)C)c1.[Yb]. The van der Waals surface area contributed by atoms with E-state index in [1.165, 1.54) is 33.4 Å². The predicted molar refractivity (Wildman–Crippen MR) is 178 cm³/mol. The molecule has 240 valence electrons. The first-order valence-electron chi connectivity index (χ1n) is 15.0. The van der Waals surface area contributed by atoms with E-state index >= 15 is 0 Å². The molecule has 3 rings (SSSR count). The van der Waals surface area contributed by atoms with E-state index in [0.717, 1.165) is 0 Å². The van der Waals surface area contributed by atoms with Gasteiger partial charge in [-0.1, -0.05) is 146 Å². The molecule has 0 spiro atoms. The average molecular weight is 705 g/mol. The molecular formula is C39H63Yb-7. The zero-order chi connectivity index (χ0) is 30.8. The molecule has 0 N–H and O–H groups in total. The monoisotopic (exact) mass is 705 g/mol. The number of hydrogen-bond donors (Lipinski definition) is 0. The Hall–Kier alpha value is -0.431. The van der Waals surface area contributed by atoms with Gasteiger partial charge >= 0.3 is 0 Å². The summed E-state index contributed by atoms with van der Waals surface area (Å²) >= 11 is 0. The molecule has 0 aliphatic carbocycles. The van der Waals surface area contributed by atoms with Gasteiger partial charge in [-0.05, 0) is 0 Å². The van der Waals surface area contributed by atoms with Crippen molar-refractivity contribution in [1.29, 1.82) is 0 Å². The van der Waals surface area contributed by atoms with Crippen LogP contribution in [0.2, 0.25) is 0 Å². The van der Waals surface area contributed by atoms with E-state index in [0.29, 0.717) is 0 Å². The summed E-state index contributed by atoms with van der Waals surface area (Å²) in [5.41, 5.74) is 10.3. The third-order valence-electron chi connectivity index (χ3n) is 7.46. The second kappa shape index (κ2) is 13.9. The Balaban J connectivity index is 0.000000563. The van der Waals surface area contributed by atoms with Crippen LogP contribution in [0.3, 0.4) is 0 Å². The van der Waals surface area contributed by atoms with Crippen molar-refractivity contribution in [1.82, 2.24) is 0 Å². The first-order valence-corrected chi connectivity index (χ1v) is 15.0. The fourth-order valence-electron chi connectivity index (χ4n) is 4.13. The van der Waals surface area contributed by atoms with Crippen LogP contribution >= 0.6 is 0 Å². The minimum absolute atomic E-state index is 0. The van der Waals surface area contributed by atoms with E-state index in [4.69, 9.17) is 0 Å². The van der Waals surface area contributed by atoms with Crippen molar-refractivity contribution in [2.24, 2.45) is 0 Å². The van der Waals surface area contributed by atoms with Crippen molar-refractivity contribution in [2.45, 2.75) is 157 Å². The summed E-state index contributed by atoms with van der Waals surface area (Å²) in [4.78, 5) is 0. The summed E-state index contributed by atoms with van der Waals surface area (Å²) in [5, 5.41) is 0. The zero-order valence-electron chi connectivity index (χ0n) is 29.5. The van der Waals surface area contributed by atoms with Gasteiger partial charge in [-0.25, -0.2) is 23.0 Å². The molecule has 0 aliphatic heterocycles. The van der Waals surface area contributed by atoms with Gasteiger partial charge in [-0.3, -0.25) is 0 Å². The second-order valence-electron chi connectivity index (χ2n) is 17.7. The first kappa shape index (κ1) is 39.6. The van der Waals surface area contributed by atoms with E-state index in [1.807, 2.05) is 0 Å². The molecule has 0 atom stereocenters. The molecule has 3 aromatic rings. The van der Waals surface area contributed by atoms with Crippen molar-refractivity contribution >= 4 is 0 Å². The molecule has 0 fully saturated rings. The van der Waals surface area contributed by atoms with Gasteiger partial charge in [0.2, 0.25) is 0 Å². The molecule has 3 aromatic carbocycles. The van der Waals surface area contributed by atoms with E-state index in [9.17, 15) is 0 Å². The van der Waals surface area contributed by atoms with Crippen molar-refractivity contribution in [3.63, 3.8) is 0 Å². The van der Waals surface area contributed by atoms with Crippen LogP contribution in [0.15, 0.2) is 54.6 Å². The third kappa shape index (κ3) is 12.8. The molecule has 40 heavy (non-hydrogen) atoms. The summed E-state index contributed by atoms with van der Waals surface area (Å²) in [6.07, 6.45) is 0. The first-order chi connectivity index (χ1) is 17.1. The minimum atomic E-state index is 0. The van der Waals surface area contributed by atoms with Crippen LogP contribution in [-0.4, -0.2) is 0 Å². The fourth-order valence-corrected chi connectivity index (χ4v) is 4.13. The van der Waals surface area contributed by atoms with Gasteiger partial charge in [0.05, 0.1) is 0 Å². The Morgan fingerprint density at radius 2 is 0.725 bits per heavy atom. The van der Waals surface area contributed by atoms with Gasteiger partial charge in [0, 0.05) is 46.9 Å². The van der Waals surface area contributed by atoms with Gasteiger partial charge in [0.15, 0.2) is 0 Å². The maximum atomic E-state index is 2.33. The maximum Gasteiger partial charge on any atom is 0 e. The summed E-state index contributed by atoms with van der Waals surface area (Å²) in [5.74, 6) is 0. The molecule has 0 bridgehead atoms. The largest absolute Gasteiger partial charge is 0.745 e. The Bertz CT molecular complexity index is 896. The third-order valence-corrected chi connectivity index (χ3v) is 7.46. The normalized spacial score (nSPS) is 13.1. The van der Waals surface area contributed by atoms with Gasteiger partial charge in [-0.2, -0.15) is 46.5 Å². The molecular weight excluding hydrogens is 641 g/mol. The summed E-state index contributed by atoms with van der Waals surface area (Å²) in [6, 6.07) is 20.5. The number of hydrogen-bond acceptors (Lipinski definition) is 0. The molecule has 0 aliphatic rings. The van der Waals surface area contributed by atoms with Crippen LogP contribution in [0.4, 0.5) is 0 Å². The van der Waals surface area contributed by atoms with Gasteiger partial charge < -0.3 is 29.3 Å². The predicted octanol–water partition coefficient (Wildman–Crippen LogP) is 12.0. The molecule has 0 aromatic heterocycles. The quantitative estimate of drug-likeness (QED) is 0.204. The second-order valence-corrected chi connectivity index (χ2v) is 17.7. The van der Waals surface area contributed by atoms with Crippen LogP contribution in [0, 0.1) is 46.9 Å². The van der Waals surface area contributed by atoms with Gasteiger partial charge in [0.25, 0.3) is 0 Å². The van der Waals surface area contributed by atoms with Gasteiger partial charge in [-0.15, -0.1) is 0 Å². The zero-order valence-corrected chi connectivity index (χ0v) is 31.2. The molecule has 0 saturated carbocycles. The fraction of sp³-hybridized carbons (Fsp3) is 0.615. The van der Waals surface area contributed by atoms with Crippen LogP contribution in [0.5, 0.6) is 0 Å². The Kier molecular flexibility index (Phi) is 13.8. The standard InChI is InChI=1S/3C13H21.Yb/c3*1-12(2,3)10-7-8-11(9-10)13(4,5)6;/h3*7-9H,1-6H3;/q-5;2*-1;. The summed E-state index contributed by atoms with van der Waals surface area (Å²) < 4.78 is 0. The Labute approximate surface area is 289 Å². The molecule has 0 amide bonds. The van der Waals surface area contributed by atoms with E-state index in [1.54, 1.807) is 0 Å². The Morgan fingerprint density at radius 3 is 0.850 bits per heavy atom. The molecule has 0 heterocycles. The maximum absolute atomic E-state index is 2.33. The molecule has 0 unspecified atom stereocenters. The van der Waals surface area contributed by atoms with Crippen LogP contribution in [0.1, 0.15) is 158 Å².